The minimum absolute atomic E-state index is 0.194. The van der Waals surface area contributed by atoms with Crippen molar-refractivity contribution in [3.05, 3.63) is 34.9 Å². The molecule has 0 bridgehead atoms. The van der Waals surface area contributed by atoms with Gasteiger partial charge in [0.05, 0.1) is 5.54 Å². The van der Waals surface area contributed by atoms with E-state index in [-0.39, 0.29) is 5.54 Å². The average Bonchev–Trinajstić information content (AvgIpc) is 2.97. The smallest absolute Gasteiger partial charge is 0.183 e. The zero-order chi connectivity index (χ0) is 14.9. The van der Waals surface area contributed by atoms with Gasteiger partial charge >= 0.3 is 0 Å². The summed E-state index contributed by atoms with van der Waals surface area (Å²) in [6, 6.07) is 6.32. The van der Waals surface area contributed by atoms with Gasteiger partial charge in [0.1, 0.15) is 0 Å². The Kier molecular flexibility index (Phi) is 4.17. The highest BCUT2D eigenvalue weighted by Crippen LogP contribution is 2.39. The van der Waals surface area contributed by atoms with Crippen LogP contribution in [-0.2, 0) is 0 Å². The predicted molar refractivity (Wildman–Crippen MR) is 86.9 cm³/mol. The molecule has 0 atom stereocenters. The van der Waals surface area contributed by atoms with Crippen molar-refractivity contribution in [2.75, 3.05) is 13.1 Å². The molecule has 0 spiro atoms. The summed E-state index contributed by atoms with van der Waals surface area (Å²) in [4.78, 5) is 15.8. The first-order valence-electron chi connectivity index (χ1n) is 8.50. The number of hydrogen-bond acceptors (Lipinski definition) is 2. The van der Waals surface area contributed by atoms with Crippen molar-refractivity contribution in [3.63, 3.8) is 0 Å². The van der Waals surface area contributed by atoms with E-state index in [0.29, 0.717) is 5.78 Å². The monoisotopic (exact) mass is 285 g/mol. The minimum Gasteiger partial charge on any atom is -0.292 e. The van der Waals surface area contributed by atoms with Gasteiger partial charge in [0.2, 0.25) is 0 Å². The lowest BCUT2D eigenvalue weighted by atomic mass is 9.83. The van der Waals surface area contributed by atoms with Gasteiger partial charge in [0.25, 0.3) is 0 Å². The zero-order valence-corrected chi connectivity index (χ0v) is 13.5. The summed E-state index contributed by atoms with van der Waals surface area (Å²) in [6.07, 6.45) is 8.34. The van der Waals surface area contributed by atoms with Gasteiger partial charge in [-0.2, -0.15) is 0 Å². The Labute approximate surface area is 128 Å². The fourth-order valence-corrected chi connectivity index (χ4v) is 4.34. The predicted octanol–water partition coefficient (Wildman–Crippen LogP) is 4.28. The van der Waals surface area contributed by atoms with Crippen LogP contribution in [0.15, 0.2) is 18.2 Å². The van der Waals surface area contributed by atoms with Gasteiger partial charge in [-0.25, -0.2) is 0 Å². The Morgan fingerprint density at radius 1 is 0.905 bits per heavy atom. The molecule has 2 heteroatoms. The SMILES string of the molecule is Cc1cc(C)cc(C(=O)C2(N3CCCCC3)CCCC2)c1. The molecular formula is C19H27NO. The normalized spacial score (nSPS) is 22.4. The van der Waals surface area contributed by atoms with Gasteiger partial charge in [-0.1, -0.05) is 36.5 Å². The molecule has 0 aromatic heterocycles. The Morgan fingerprint density at radius 2 is 1.48 bits per heavy atom. The van der Waals surface area contributed by atoms with Crippen LogP contribution in [0.3, 0.4) is 0 Å². The van der Waals surface area contributed by atoms with E-state index in [2.05, 4.69) is 36.9 Å². The average molecular weight is 285 g/mol. The molecular weight excluding hydrogens is 258 g/mol. The molecule has 114 valence electrons. The standard InChI is InChI=1S/C19H27NO/c1-15-12-16(2)14-17(13-15)18(21)19(8-4-5-9-19)20-10-6-3-7-11-20/h12-14H,3-11H2,1-2H3. The number of likely N-dealkylation sites (tertiary alicyclic amines) is 1. The quantitative estimate of drug-likeness (QED) is 0.772. The molecule has 2 nitrogen and oxygen atoms in total. The number of nitrogens with zero attached hydrogens (tertiary/aromatic N) is 1. The molecule has 0 amide bonds. The summed E-state index contributed by atoms with van der Waals surface area (Å²) in [5.41, 5.74) is 3.14. The summed E-state index contributed by atoms with van der Waals surface area (Å²) in [7, 11) is 0. The van der Waals surface area contributed by atoms with Crippen LogP contribution in [0.4, 0.5) is 0 Å². The maximum atomic E-state index is 13.3. The van der Waals surface area contributed by atoms with Crippen LogP contribution in [0.5, 0.6) is 0 Å². The van der Waals surface area contributed by atoms with Crippen LogP contribution in [0.2, 0.25) is 0 Å². The third kappa shape index (κ3) is 2.78. The van der Waals surface area contributed by atoms with E-state index in [1.54, 1.807) is 0 Å². The summed E-state index contributed by atoms with van der Waals surface area (Å²) in [6.45, 7) is 6.39. The summed E-state index contributed by atoms with van der Waals surface area (Å²) >= 11 is 0. The molecule has 1 saturated carbocycles. The Bertz CT molecular complexity index is 502. The van der Waals surface area contributed by atoms with Crippen molar-refractivity contribution in [2.24, 2.45) is 0 Å². The molecule has 1 aromatic carbocycles. The Morgan fingerprint density at radius 3 is 2.05 bits per heavy atom. The topological polar surface area (TPSA) is 20.3 Å². The Hall–Kier alpha value is -1.15. The molecule has 0 radical (unpaired) electrons. The van der Waals surface area contributed by atoms with E-state index in [0.717, 1.165) is 31.5 Å². The lowest BCUT2D eigenvalue weighted by Gasteiger charge is -2.42. The number of Topliss-reactive ketones (excluding diaryl/α,β-unsaturated/α-hetero) is 1. The second kappa shape index (κ2) is 5.92. The van der Waals surface area contributed by atoms with Crippen molar-refractivity contribution < 1.29 is 4.79 Å². The number of carbonyl (C=O) groups excluding carboxylic acids is 1. The van der Waals surface area contributed by atoms with Crippen molar-refractivity contribution in [2.45, 2.75) is 64.3 Å². The number of piperidine rings is 1. The second-order valence-electron chi connectivity index (χ2n) is 6.99. The van der Waals surface area contributed by atoms with E-state index in [1.807, 2.05) is 0 Å². The van der Waals surface area contributed by atoms with Gasteiger partial charge in [0.15, 0.2) is 5.78 Å². The van der Waals surface area contributed by atoms with Gasteiger partial charge in [-0.15, -0.1) is 0 Å². The summed E-state index contributed by atoms with van der Waals surface area (Å²) in [5, 5.41) is 0. The van der Waals surface area contributed by atoms with Crippen LogP contribution >= 0.6 is 0 Å². The number of aryl methyl sites for hydroxylation is 2. The van der Waals surface area contributed by atoms with E-state index >= 15 is 0 Å². The third-order valence-electron chi connectivity index (χ3n) is 5.30. The number of ketones is 1. The highest BCUT2D eigenvalue weighted by atomic mass is 16.1. The van der Waals surface area contributed by atoms with Crippen molar-refractivity contribution >= 4 is 5.78 Å². The molecule has 21 heavy (non-hydrogen) atoms. The lowest BCUT2D eigenvalue weighted by Crippen LogP contribution is -2.54. The highest BCUT2D eigenvalue weighted by molar-refractivity contribution is 6.03. The van der Waals surface area contributed by atoms with Gasteiger partial charge in [0, 0.05) is 5.56 Å². The Balaban J connectivity index is 1.94. The molecule has 1 aliphatic carbocycles. The van der Waals surface area contributed by atoms with Crippen LogP contribution in [0, 0.1) is 13.8 Å². The van der Waals surface area contributed by atoms with Crippen LogP contribution in [-0.4, -0.2) is 29.3 Å². The van der Waals surface area contributed by atoms with Crippen LogP contribution < -0.4 is 0 Å². The van der Waals surface area contributed by atoms with Crippen molar-refractivity contribution in [3.8, 4) is 0 Å². The number of rotatable bonds is 3. The highest BCUT2D eigenvalue weighted by Gasteiger charge is 2.46. The molecule has 0 unspecified atom stereocenters. The summed E-state index contributed by atoms with van der Waals surface area (Å²) in [5.74, 6) is 0.383. The number of hydrogen-bond donors (Lipinski definition) is 0. The lowest BCUT2D eigenvalue weighted by molar-refractivity contribution is 0.0477. The van der Waals surface area contributed by atoms with Gasteiger partial charge < -0.3 is 0 Å². The maximum Gasteiger partial charge on any atom is 0.183 e. The first-order valence-corrected chi connectivity index (χ1v) is 8.50. The van der Waals surface area contributed by atoms with Gasteiger partial charge in [-0.3, -0.25) is 9.69 Å². The molecule has 0 N–H and O–H groups in total. The maximum absolute atomic E-state index is 13.3. The van der Waals surface area contributed by atoms with E-state index in [9.17, 15) is 4.79 Å². The fourth-order valence-electron chi connectivity index (χ4n) is 4.34. The third-order valence-corrected chi connectivity index (χ3v) is 5.30. The molecule has 1 aliphatic heterocycles. The van der Waals surface area contributed by atoms with Crippen LogP contribution in [0.1, 0.15) is 66.4 Å². The van der Waals surface area contributed by atoms with E-state index in [4.69, 9.17) is 0 Å². The van der Waals surface area contributed by atoms with E-state index in [1.165, 1.54) is 43.2 Å². The molecule has 1 aromatic rings. The molecule has 2 fully saturated rings. The van der Waals surface area contributed by atoms with E-state index < -0.39 is 0 Å². The molecule has 1 saturated heterocycles. The number of carbonyl (C=O) groups is 1. The molecule has 1 heterocycles. The first kappa shape index (κ1) is 14.8. The number of benzene rings is 1. The first-order chi connectivity index (χ1) is 10.1. The second-order valence-corrected chi connectivity index (χ2v) is 6.99. The van der Waals surface area contributed by atoms with Crippen molar-refractivity contribution in [1.82, 2.24) is 4.90 Å². The van der Waals surface area contributed by atoms with Gasteiger partial charge in [-0.05, 0) is 64.8 Å². The minimum atomic E-state index is -0.194. The molecule has 3 rings (SSSR count). The molecule has 2 aliphatic rings. The van der Waals surface area contributed by atoms with Crippen LogP contribution in [0.25, 0.3) is 0 Å². The van der Waals surface area contributed by atoms with Crippen molar-refractivity contribution in [1.29, 1.82) is 0 Å². The summed E-state index contributed by atoms with van der Waals surface area (Å²) < 4.78 is 0. The largest absolute Gasteiger partial charge is 0.292 e. The fraction of sp³-hybridized carbons (Fsp3) is 0.632. The zero-order valence-electron chi connectivity index (χ0n) is 13.5.